The summed E-state index contributed by atoms with van der Waals surface area (Å²) in [6, 6.07) is 52.2. The highest BCUT2D eigenvalue weighted by atomic mass is 14.5. The number of allylic oxidation sites excluding steroid dienone is 14. The van der Waals surface area contributed by atoms with Gasteiger partial charge in [-0.3, -0.25) is 0 Å². The molecular formula is C64H61N. The average molecular weight is 844 g/mol. The summed E-state index contributed by atoms with van der Waals surface area (Å²) >= 11 is 0. The molecule has 2 N–H and O–H groups in total. The highest BCUT2D eigenvalue weighted by Crippen LogP contribution is 2.63. The molecule has 0 amide bonds. The van der Waals surface area contributed by atoms with Crippen LogP contribution >= 0.6 is 0 Å². The molecule has 3 aliphatic rings. The lowest BCUT2D eigenvalue weighted by atomic mass is 9.64. The predicted octanol–water partition coefficient (Wildman–Crippen LogP) is 16.3. The van der Waals surface area contributed by atoms with E-state index in [1.54, 1.807) is 6.20 Å². The number of hydrogen-bond donors (Lipinski definition) is 1. The number of hydrogen-bond acceptors (Lipinski definition) is 1. The molecule has 0 aliphatic heterocycles. The minimum absolute atomic E-state index is 0.511. The van der Waals surface area contributed by atoms with Crippen molar-refractivity contribution in [3.05, 3.63) is 285 Å². The molecule has 0 fully saturated rings. The largest absolute Gasteiger partial charge is 0.405 e. The Hall–Kier alpha value is -7.22. The maximum atomic E-state index is 5.55. The number of fused-ring (bicyclic) bond motifs is 7. The van der Waals surface area contributed by atoms with Crippen molar-refractivity contribution in [2.24, 2.45) is 5.73 Å². The van der Waals surface area contributed by atoms with Crippen molar-refractivity contribution in [2.45, 2.75) is 64.7 Å². The first-order valence-corrected chi connectivity index (χ1v) is 23.4. The summed E-state index contributed by atoms with van der Waals surface area (Å²) in [7, 11) is 0. The summed E-state index contributed by atoms with van der Waals surface area (Å²) in [6.45, 7) is 15.7. The van der Waals surface area contributed by atoms with Gasteiger partial charge in [-0.1, -0.05) is 215 Å². The van der Waals surface area contributed by atoms with Crippen LogP contribution in [-0.2, 0) is 17.3 Å². The molecule has 0 aromatic heterocycles. The molecule has 1 heteroatoms. The van der Waals surface area contributed by atoms with Gasteiger partial charge < -0.3 is 5.73 Å². The van der Waals surface area contributed by atoms with Crippen LogP contribution in [0.25, 0.3) is 34.4 Å². The zero-order chi connectivity index (χ0) is 45.4. The third kappa shape index (κ3) is 7.60. The van der Waals surface area contributed by atoms with E-state index in [1.807, 2.05) is 32.1 Å². The molecule has 0 saturated heterocycles. The molecule has 9 rings (SSSR count). The topological polar surface area (TPSA) is 26.0 Å². The minimum atomic E-state index is -0.616. The van der Waals surface area contributed by atoms with Gasteiger partial charge in [0.25, 0.3) is 0 Å². The first kappa shape index (κ1) is 44.4. The van der Waals surface area contributed by atoms with Gasteiger partial charge in [-0.15, -0.1) is 0 Å². The van der Waals surface area contributed by atoms with Gasteiger partial charge >= 0.3 is 0 Å². The van der Waals surface area contributed by atoms with Crippen molar-refractivity contribution in [2.75, 3.05) is 0 Å². The first-order chi connectivity index (χ1) is 32.0. The molecule has 0 radical (unpaired) electrons. The second-order valence-corrected chi connectivity index (χ2v) is 16.7. The van der Waals surface area contributed by atoms with Crippen molar-refractivity contribution in [3.8, 4) is 11.1 Å². The summed E-state index contributed by atoms with van der Waals surface area (Å²) < 4.78 is 0. The van der Waals surface area contributed by atoms with Crippen LogP contribution in [0.3, 0.4) is 0 Å². The van der Waals surface area contributed by atoms with Gasteiger partial charge in [-0.2, -0.15) is 0 Å². The molecule has 6 aromatic rings. The molecule has 0 bridgehead atoms. The minimum Gasteiger partial charge on any atom is -0.405 e. The molecule has 2 unspecified atom stereocenters. The van der Waals surface area contributed by atoms with Crippen molar-refractivity contribution in [1.29, 1.82) is 0 Å². The Kier molecular flexibility index (Phi) is 13.4. The summed E-state index contributed by atoms with van der Waals surface area (Å²) in [5.74, 6) is 0. The number of unbranched alkanes of at least 4 members (excludes halogenated alkanes) is 1. The fraction of sp³-hybridized carbons (Fsp3) is 0.156. The van der Waals surface area contributed by atoms with Crippen LogP contribution in [0, 0.1) is 6.92 Å². The van der Waals surface area contributed by atoms with Crippen molar-refractivity contribution >= 4 is 23.3 Å². The lowest BCUT2D eigenvalue weighted by Crippen LogP contribution is -2.30. The molecule has 2 atom stereocenters. The molecule has 0 saturated carbocycles. The van der Waals surface area contributed by atoms with Gasteiger partial charge in [0.05, 0.1) is 10.8 Å². The highest BCUT2D eigenvalue weighted by molar-refractivity contribution is 6.02. The highest BCUT2D eigenvalue weighted by Gasteiger charge is 2.52. The molecule has 1 spiro atoms. The van der Waals surface area contributed by atoms with E-state index in [0.717, 1.165) is 24.8 Å². The average Bonchev–Trinajstić information content (AvgIpc) is 3.94. The van der Waals surface area contributed by atoms with Crippen LogP contribution in [0.2, 0.25) is 0 Å². The Morgan fingerprint density at radius 2 is 1.29 bits per heavy atom. The number of benzene rings is 6. The Bertz CT molecular complexity index is 2990. The molecule has 322 valence electrons. The molecule has 3 aliphatic carbocycles. The summed E-state index contributed by atoms with van der Waals surface area (Å²) in [5.41, 5.74) is 25.9. The molecule has 6 aromatic carbocycles. The third-order valence-corrected chi connectivity index (χ3v) is 13.4. The fourth-order valence-corrected chi connectivity index (χ4v) is 10.7. The zero-order valence-electron chi connectivity index (χ0n) is 38.7. The number of rotatable bonds is 12. The van der Waals surface area contributed by atoms with E-state index < -0.39 is 10.8 Å². The van der Waals surface area contributed by atoms with Crippen LogP contribution in [0.1, 0.15) is 102 Å². The summed E-state index contributed by atoms with van der Waals surface area (Å²) in [6.07, 6.45) is 30.6. The van der Waals surface area contributed by atoms with E-state index in [1.165, 1.54) is 89.0 Å². The van der Waals surface area contributed by atoms with Crippen LogP contribution in [0.15, 0.2) is 224 Å². The van der Waals surface area contributed by atoms with E-state index >= 15 is 0 Å². The van der Waals surface area contributed by atoms with Crippen molar-refractivity contribution in [1.82, 2.24) is 0 Å². The first-order valence-electron chi connectivity index (χ1n) is 23.4. The lowest BCUT2D eigenvalue weighted by Gasteiger charge is -2.37. The standard InChI is InChI=1S/C62H55N.C2H6/c1-5-7-13-29-49-43-48-28-17-22-35-56(48)62(49)58-37-24-20-32-51(58)53(31-14-11-9-8-10-12-25-40-63)60(62)42-46-38-39-54-52-33-19-23-36-57(52)61(59(54)41-46,55-34-21-16-27-47(55)6-2)45(4)50-30-18-15-26-44(50)3;1-2/h5,7-10,12-13,15-43H,4,6,11,14,63H2,1-3H3;1-2H3/b7-5-,9-8-,12-10-,29-13-,40-25+,53-31-,60-42+;. The Labute approximate surface area is 388 Å². The molecule has 1 nitrogen and oxygen atoms in total. The SMILES string of the molecule is C=C(c1ccccc1C)C1(c2ccccc2CC)c2ccccc2-c2ccc(/C=C3\C(=C/CC\C=C/C=C\C=C\N)c4ccccc4C34C(/C=C\C=C/C)=Cc3ccccc34)cc21.CC. The van der Waals surface area contributed by atoms with E-state index in [-0.39, 0.29) is 0 Å². The maximum absolute atomic E-state index is 5.55. The van der Waals surface area contributed by atoms with E-state index in [9.17, 15) is 0 Å². The predicted molar refractivity (Wildman–Crippen MR) is 282 cm³/mol. The van der Waals surface area contributed by atoms with Crippen molar-refractivity contribution in [3.63, 3.8) is 0 Å². The second-order valence-electron chi connectivity index (χ2n) is 16.7. The normalized spacial score (nSPS) is 19.4. The maximum Gasteiger partial charge on any atom is 0.0719 e. The van der Waals surface area contributed by atoms with Crippen LogP contribution in [-0.4, -0.2) is 0 Å². The summed E-state index contributed by atoms with van der Waals surface area (Å²) in [4.78, 5) is 0. The number of nitrogens with two attached hydrogens (primary N) is 1. The van der Waals surface area contributed by atoms with Gasteiger partial charge in [0.2, 0.25) is 0 Å². The lowest BCUT2D eigenvalue weighted by molar-refractivity contribution is 0.791. The van der Waals surface area contributed by atoms with Crippen LogP contribution in [0.5, 0.6) is 0 Å². The van der Waals surface area contributed by atoms with E-state index in [0.29, 0.717) is 0 Å². The van der Waals surface area contributed by atoms with Gasteiger partial charge in [0.1, 0.15) is 0 Å². The second kappa shape index (κ2) is 19.7. The van der Waals surface area contributed by atoms with E-state index in [2.05, 4.69) is 215 Å². The van der Waals surface area contributed by atoms with Crippen LogP contribution in [0.4, 0.5) is 0 Å². The van der Waals surface area contributed by atoms with Gasteiger partial charge in [0, 0.05) is 0 Å². The summed E-state index contributed by atoms with van der Waals surface area (Å²) in [5, 5.41) is 0. The Morgan fingerprint density at radius 1 is 0.631 bits per heavy atom. The quantitative estimate of drug-likeness (QED) is 0.0964. The van der Waals surface area contributed by atoms with Gasteiger partial charge in [0.15, 0.2) is 0 Å². The Morgan fingerprint density at radius 3 is 2.06 bits per heavy atom. The van der Waals surface area contributed by atoms with Crippen LogP contribution < -0.4 is 5.73 Å². The van der Waals surface area contributed by atoms with Crippen molar-refractivity contribution < 1.29 is 0 Å². The monoisotopic (exact) mass is 843 g/mol. The van der Waals surface area contributed by atoms with Gasteiger partial charge in [-0.25, -0.2) is 0 Å². The smallest absolute Gasteiger partial charge is 0.0719 e. The Balaban J connectivity index is 0.00000284. The number of aryl methyl sites for hydroxylation is 2. The molecular weight excluding hydrogens is 783 g/mol. The molecule has 65 heavy (non-hydrogen) atoms. The molecule has 0 heterocycles. The third-order valence-electron chi connectivity index (χ3n) is 13.4. The fourth-order valence-electron chi connectivity index (χ4n) is 10.7. The van der Waals surface area contributed by atoms with E-state index in [4.69, 9.17) is 12.3 Å². The zero-order valence-corrected chi connectivity index (χ0v) is 38.7. The van der Waals surface area contributed by atoms with Gasteiger partial charge in [-0.05, 0) is 158 Å².